The Hall–Kier alpha value is -0.650. The van der Waals surface area contributed by atoms with Crippen LogP contribution in [0.15, 0.2) is 0 Å². The number of hydrogen-bond acceptors (Lipinski definition) is 5. The van der Waals surface area contributed by atoms with Crippen LogP contribution in [0.5, 0.6) is 0 Å². The first-order valence-electron chi connectivity index (χ1n) is 7.21. The largest absolute Gasteiger partial charge is 0.468 e. The van der Waals surface area contributed by atoms with Crippen molar-refractivity contribution in [2.75, 3.05) is 34.5 Å². The predicted octanol–water partition coefficient (Wildman–Crippen LogP) is 2.14. The lowest BCUT2D eigenvalue weighted by Crippen LogP contribution is -2.48. The molecule has 0 rings (SSSR count). The molecule has 0 aromatic carbocycles. The zero-order valence-electron chi connectivity index (χ0n) is 13.9. The highest BCUT2D eigenvalue weighted by Crippen LogP contribution is 2.16. The van der Waals surface area contributed by atoms with Gasteiger partial charge in [0.05, 0.1) is 12.7 Å². The van der Waals surface area contributed by atoms with Crippen LogP contribution >= 0.6 is 0 Å². The molecule has 0 aliphatic heterocycles. The maximum absolute atomic E-state index is 11.6. The summed E-state index contributed by atoms with van der Waals surface area (Å²) in [5.74, 6) is -0.220. The molecule has 5 heteroatoms. The van der Waals surface area contributed by atoms with Crippen molar-refractivity contribution < 1.29 is 19.0 Å². The molecule has 120 valence electrons. The summed E-state index contributed by atoms with van der Waals surface area (Å²) in [4.78, 5) is 11.6. The number of carbonyl (C=O) groups excluding carboxylic acids is 1. The van der Waals surface area contributed by atoms with Crippen molar-refractivity contribution in [1.82, 2.24) is 5.32 Å². The second-order valence-corrected chi connectivity index (χ2v) is 5.86. The number of unbranched alkanes of at least 4 members (excludes halogenated alkanes) is 1. The Morgan fingerprint density at radius 2 is 1.70 bits per heavy atom. The summed E-state index contributed by atoms with van der Waals surface area (Å²) >= 11 is 0. The molecule has 1 atom stereocenters. The lowest BCUT2D eigenvalue weighted by Gasteiger charge is -2.26. The van der Waals surface area contributed by atoms with Gasteiger partial charge in [-0.05, 0) is 53.5 Å². The minimum absolute atomic E-state index is 0.129. The highest BCUT2D eigenvalue weighted by Gasteiger charge is 2.31. The number of likely N-dealkylation sites (N-methyl/N-ethyl adjacent to an activating group) is 1. The Bertz CT molecular complexity index is 281. The van der Waals surface area contributed by atoms with Crippen LogP contribution in [-0.4, -0.2) is 51.6 Å². The molecule has 0 aliphatic rings. The van der Waals surface area contributed by atoms with E-state index in [-0.39, 0.29) is 11.6 Å². The molecule has 0 heterocycles. The van der Waals surface area contributed by atoms with Gasteiger partial charge in [-0.1, -0.05) is 0 Å². The summed E-state index contributed by atoms with van der Waals surface area (Å²) in [6.45, 7) is 7.36. The van der Waals surface area contributed by atoms with Gasteiger partial charge in [-0.2, -0.15) is 0 Å². The average molecular weight is 289 g/mol. The fourth-order valence-corrected chi connectivity index (χ4v) is 1.76. The molecule has 1 unspecified atom stereocenters. The van der Waals surface area contributed by atoms with E-state index in [0.717, 1.165) is 25.7 Å². The summed E-state index contributed by atoms with van der Waals surface area (Å²) < 4.78 is 15.7. The topological polar surface area (TPSA) is 56.8 Å². The van der Waals surface area contributed by atoms with Gasteiger partial charge in [-0.3, -0.25) is 4.79 Å². The van der Waals surface area contributed by atoms with Gasteiger partial charge in [-0.25, -0.2) is 0 Å². The van der Waals surface area contributed by atoms with Crippen LogP contribution in [0.2, 0.25) is 0 Å². The fraction of sp³-hybridized carbons (Fsp3) is 0.933. The van der Waals surface area contributed by atoms with E-state index in [0.29, 0.717) is 13.2 Å². The molecule has 0 aliphatic carbocycles. The van der Waals surface area contributed by atoms with Gasteiger partial charge in [0.2, 0.25) is 0 Å². The van der Waals surface area contributed by atoms with E-state index in [1.54, 1.807) is 14.2 Å². The first-order chi connectivity index (χ1) is 9.31. The molecule has 0 bridgehead atoms. The van der Waals surface area contributed by atoms with Crippen molar-refractivity contribution >= 4 is 5.97 Å². The highest BCUT2D eigenvalue weighted by molar-refractivity contribution is 5.80. The second kappa shape index (κ2) is 9.32. The lowest BCUT2D eigenvalue weighted by atomic mass is 9.95. The zero-order chi connectivity index (χ0) is 15.6. The van der Waals surface area contributed by atoms with Gasteiger partial charge in [-0.15, -0.1) is 0 Å². The van der Waals surface area contributed by atoms with Crippen LogP contribution in [-0.2, 0) is 19.0 Å². The quantitative estimate of drug-likeness (QED) is 0.466. The van der Waals surface area contributed by atoms with E-state index < -0.39 is 5.54 Å². The molecule has 0 saturated heterocycles. The van der Waals surface area contributed by atoms with E-state index in [9.17, 15) is 4.79 Å². The number of carbonyl (C=O) groups is 1. The molecule has 0 amide bonds. The SMILES string of the molecule is CNC(C)(CCCCOCCC(C)(C)OC)C(=O)OC. The van der Waals surface area contributed by atoms with Gasteiger partial charge in [0, 0.05) is 20.3 Å². The summed E-state index contributed by atoms with van der Waals surface area (Å²) in [5.41, 5.74) is -0.734. The van der Waals surface area contributed by atoms with Crippen molar-refractivity contribution in [3.05, 3.63) is 0 Å². The molecular weight excluding hydrogens is 258 g/mol. The predicted molar refractivity (Wildman–Crippen MR) is 79.9 cm³/mol. The normalized spacial score (nSPS) is 14.9. The third-order valence-corrected chi connectivity index (χ3v) is 3.80. The molecule has 0 fully saturated rings. The van der Waals surface area contributed by atoms with Gasteiger partial charge < -0.3 is 19.5 Å². The van der Waals surface area contributed by atoms with Crippen molar-refractivity contribution in [1.29, 1.82) is 0 Å². The number of hydrogen-bond donors (Lipinski definition) is 1. The van der Waals surface area contributed by atoms with Crippen LogP contribution in [0.1, 0.15) is 46.5 Å². The Kier molecular flexibility index (Phi) is 9.01. The minimum atomic E-state index is -0.604. The fourth-order valence-electron chi connectivity index (χ4n) is 1.76. The summed E-state index contributed by atoms with van der Waals surface area (Å²) in [7, 11) is 4.91. The summed E-state index contributed by atoms with van der Waals surface area (Å²) in [6.07, 6.45) is 3.46. The third kappa shape index (κ3) is 7.22. The van der Waals surface area contributed by atoms with Crippen molar-refractivity contribution in [2.45, 2.75) is 57.6 Å². The van der Waals surface area contributed by atoms with Crippen molar-refractivity contribution in [3.63, 3.8) is 0 Å². The van der Waals surface area contributed by atoms with Crippen molar-refractivity contribution in [3.8, 4) is 0 Å². The smallest absolute Gasteiger partial charge is 0.325 e. The first kappa shape index (κ1) is 19.4. The molecule has 0 spiro atoms. The Morgan fingerprint density at radius 3 is 2.20 bits per heavy atom. The van der Waals surface area contributed by atoms with E-state index >= 15 is 0 Å². The number of rotatable bonds is 11. The molecule has 20 heavy (non-hydrogen) atoms. The van der Waals surface area contributed by atoms with Crippen LogP contribution < -0.4 is 5.32 Å². The standard InChI is InChI=1S/C15H31NO4/c1-14(2,19-6)10-12-20-11-8-7-9-15(3,16-4)13(17)18-5/h16H,7-12H2,1-6H3. The lowest BCUT2D eigenvalue weighted by molar-refractivity contribution is -0.148. The monoisotopic (exact) mass is 289 g/mol. The first-order valence-corrected chi connectivity index (χ1v) is 7.21. The van der Waals surface area contributed by atoms with Crippen LogP contribution in [0.4, 0.5) is 0 Å². The Morgan fingerprint density at radius 1 is 1.05 bits per heavy atom. The molecular formula is C15H31NO4. The van der Waals surface area contributed by atoms with Crippen molar-refractivity contribution in [2.24, 2.45) is 0 Å². The molecule has 0 radical (unpaired) electrons. The van der Waals surface area contributed by atoms with Crippen LogP contribution in [0.3, 0.4) is 0 Å². The number of nitrogens with one attached hydrogen (secondary N) is 1. The zero-order valence-corrected chi connectivity index (χ0v) is 13.9. The molecule has 5 nitrogen and oxygen atoms in total. The third-order valence-electron chi connectivity index (χ3n) is 3.80. The Balaban J connectivity index is 3.74. The maximum atomic E-state index is 11.6. The maximum Gasteiger partial charge on any atom is 0.325 e. The second-order valence-electron chi connectivity index (χ2n) is 5.86. The average Bonchev–Trinajstić information content (AvgIpc) is 2.44. The highest BCUT2D eigenvalue weighted by atomic mass is 16.5. The molecule has 0 saturated carbocycles. The molecule has 1 N–H and O–H groups in total. The van der Waals surface area contributed by atoms with Crippen LogP contribution in [0, 0.1) is 0 Å². The number of ether oxygens (including phenoxy) is 3. The summed E-state index contributed by atoms with van der Waals surface area (Å²) in [6, 6.07) is 0. The van der Waals surface area contributed by atoms with Gasteiger partial charge in [0.15, 0.2) is 0 Å². The number of methoxy groups -OCH3 is 2. The van der Waals surface area contributed by atoms with E-state index in [2.05, 4.69) is 5.32 Å². The summed E-state index contributed by atoms with van der Waals surface area (Å²) in [5, 5.41) is 3.03. The molecule has 0 aromatic rings. The van der Waals surface area contributed by atoms with Gasteiger partial charge in [0.25, 0.3) is 0 Å². The van der Waals surface area contributed by atoms with E-state index in [1.165, 1.54) is 7.11 Å². The van der Waals surface area contributed by atoms with Gasteiger partial charge in [0.1, 0.15) is 5.54 Å². The van der Waals surface area contributed by atoms with Crippen LogP contribution in [0.25, 0.3) is 0 Å². The van der Waals surface area contributed by atoms with E-state index in [4.69, 9.17) is 14.2 Å². The Labute approximate surface area is 123 Å². The van der Waals surface area contributed by atoms with Gasteiger partial charge >= 0.3 is 5.97 Å². The van der Waals surface area contributed by atoms with E-state index in [1.807, 2.05) is 20.8 Å². The minimum Gasteiger partial charge on any atom is -0.468 e. The molecule has 0 aromatic heterocycles. The number of esters is 1.